The maximum Gasteiger partial charge on any atom is 0.141 e. The molecule has 2 aromatic carbocycles. The highest BCUT2D eigenvalue weighted by Gasteiger charge is 2.17. The third-order valence-electron chi connectivity index (χ3n) is 2.75. The Hall–Kier alpha value is -1.74. The predicted octanol–water partition coefficient (Wildman–Crippen LogP) is 4.08. The molecule has 1 heterocycles. The van der Waals surface area contributed by atoms with Crippen molar-refractivity contribution in [3.63, 3.8) is 0 Å². The van der Waals surface area contributed by atoms with Crippen molar-refractivity contribution in [2.45, 2.75) is 23.1 Å². The van der Waals surface area contributed by atoms with E-state index in [1.54, 1.807) is 18.7 Å². The lowest BCUT2D eigenvalue weighted by Crippen LogP contribution is -1.99. The highest BCUT2D eigenvalue weighted by Crippen LogP contribution is 2.46. The first-order chi connectivity index (χ1) is 8.72. The van der Waals surface area contributed by atoms with Crippen LogP contribution < -0.4 is 4.74 Å². The summed E-state index contributed by atoms with van der Waals surface area (Å²) in [6, 6.07) is 13.9. The summed E-state index contributed by atoms with van der Waals surface area (Å²) < 4.78 is 5.87. The molecule has 1 aliphatic heterocycles. The van der Waals surface area contributed by atoms with Gasteiger partial charge < -0.3 is 4.74 Å². The van der Waals surface area contributed by atoms with Crippen LogP contribution in [0.2, 0.25) is 0 Å². The number of ether oxygens (including phenoxy) is 1. The molecule has 2 nitrogen and oxygen atoms in total. The second-order valence-electron chi connectivity index (χ2n) is 4.31. The van der Waals surface area contributed by atoms with Crippen LogP contribution >= 0.6 is 11.8 Å². The maximum atomic E-state index is 11.1. The van der Waals surface area contributed by atoms with Crippen LogP contribution in [-0.4, -0.2) is 5.78 Å². The first kappa shape index (κ1) is 11.4. The molecule has 0 saturated carbocycles. The molecule has 3 rings (SSSR count). The third kappa shape index (κ3) is 2.14. The molecule has 3 heteroatoms. The van der Waals surface area contributed by atoms with E-state index in [-0.39, 0.29) is 5.78 Å². The Kier molecular flexibility index (Phi) is 2.84. The summed E-state index contributed by atoms with van der Waals surface area (Å²) in [6.45, 7) is 1.60. The van der Waals surface area contributed by atoms with E-state index < -0.39 is 0 Å². The smallest absolute Gasteiger partial charge is 0.141 e. The lowest BCUT2D eigenvalue weighted by molar-refractivity contribution is -0.116. The Bertz CT molecular complexity index is 620. The van der Waals surface area contributed by atoms with Gasteiger partial charge in [-0.1, -0.05) is 30.0 Å². The van der Waals surface area contributed by atoms with E-state index in [1.165, 1.54) is 0 Å². The van der Waals surface area contributed by atoms with Gasteiger partial charge in [-0.05, 0) is 36.8 Å². The molecule has 0 aliphatic carbocycles. The largest absolute Gasteiger partial charge is 0.455 e. The summed E-state index contributed by atoms with van der Waals surface area (Å²) in [5, 5.41) is 0. The van der Waals surface area contributed by atoms with Crippen molar-refractivity contribution in [3.8, 4) is 11.5 Å². The normalized spacial score (nSPS) is 12.3. The van der Waals surface area contributed by atoms with Crippen LogP contribution in [-0.2, 0) is 11.2 Å². The number of hydrogen-bond acceptors (Lipinski definition) is 3. The minimum Gasteiger partial charge on any atom is -0.455 e. The summed E-state index contributed by atoms with van der Waals surface area (Å²) in [4.78, 5) is 13.4. The Morgan fingerprint density at radius 2 is 1.89 bits per heavy atom. The fraction of sp³-hybridized carbons (Fsp3) is 0.133. The topological polar surface area (TPSA) is 26.3 Å². The van der Waals surface area contributed by atoms with E-state index in [9.17, 15) is 4.79 Å². The number of benzene rings is 2. The second kappa shape index (κ2) is 4.50. The number of carbonyl (C=O) groups excluding carboxylic acids is 1. The van der Waals surface area contributed by atoms with Gasteiger partial charge in [0.1, 0.15) is 17.3 Å². The van der Waals surface area contributed by atoms with Gasteiger partial charge in [0.25, 0.3) is 0 Å². The molecule has 0 unspecified atom stereocenters. The van der Waals surface area contributed by atoms with Gasteiger partial charge in [0, 0.05) is 6.42 Å². The molecule has 90 valence electrons. The number of ketones is 1. The van der Waals surface area contributed by atoms with Crippen molar-refractivity contribution < 1.29 is 9.53 Å². The first-order valence-corrected chi connectivity index (χ1v) is 6.61. The molecule has 18 heavy (non-hydrogen) atoms. The summed E-state index contributed by atoms with van der Waals surface area (Å²) in [6.07, 6.45) is 0.461. The maximum absolute atomic E-state index is 11.1. The van der Waals surface area contributed by atoms with Gasteiger partial charge in [-0.25, -0.2) is 0 Å². The third-order valence-corrected chi connectivity index (χ3v) is 3.86. The van der Waals surface area contributed by atoms with Crippen molar-refractivity contribution >= 4 is 17.5 Å². The van der Waals surface area contributed by atoms with Crippen LogP contribution in [0.25, 0.3) is 0 Å². The van der Waals surface area contributed by atoms with Gasteiger partial charge in [-0.15, -0.1) is 0 Å². The molecular weight excluding hydrogens is 244 g/mol. The van der Waals surface area contributed by atoms with Crippen LogP contribution in [0, 0.1) is 0 Å². The van der Waals surface area contributed by atoms with Gasteiger partial charge in [-0.3, -0.25) is 4.79 Å². The minimum absolute atomic E-state index is 0.166. The summed E-state index contributed by atoms with van der Waals surface area (Å²) in [5.41, 5.74) is 1.00. The van der Waals surface area contributed by atoms with Gasteiger partial charge in [0.05, 0.1) is 9.79 Å². The zero-order chi connectivity index (χ0) is 12.5. The van der Waals surface area contributed by atoms with Gasteiger partial charge in [-0.2, -0.15) is 0 Å². The molecule has 0 N–H and O–H groups in total. The van der Waals surface area contributed by atoms with Gasteiger partial charge in [0.2, 0.25) is 0 Å². The molecule has 0 fully saturated rings. The summed E-state index contributed by atoms with van der Waals surface area (Å²) >= 11 is 1.70. The Morgan fingerprint density at radius 3 is 2.72 bits per heavy atom. The standard InChI is InChI=1S/C15H12O2S/c1-10(16)8-11-6-7-15-13(9-11)17-12-4-2-3-5-14(12)18-15/h2-7,9H,8H2,1H3. The zero-order valence-corrected chi connectivity index (χ0v) is 10.8. The second-order valence-corrected chi connectivity index (χ2v) is 5.39. The molecule has 0 saturated heterocycles. The van der Waals surface area contributed by atoms with Crippen molar-refractivity contribution in [2.24, 2.45) is 0 Å². The molecular formula is C15H12O2S. The lowest BCUT2D eigenvalue weighted by atomic mass is 10.1. The summed E-state index contributed by atoms with van der Waals surface area (Å²) in [7, 11) is 0. The minimum atomic E-state index is 0.166. The first-order valence-electron chi connectivity index (χ1n) is 5.79. The number of rotatable bonds is 2. The van der Waals surface area contributed by atoms with E-state index in [2.05, 4.69) is 0 Å². The van der Waals surface area contributed by atoms with E-state index in [0.29, 0.717) is 6.42 Å². The fourth-order valence-corrected chi connectivity index (χ4v) is 2.90. The Labute approximate surface area is 110 Å². The average molecular weight is 256 g/mol. The number of hydrogen-bond donors (Lipinski definition) is 0. The average Bonchev–Trinajstić information content (AvgIpc) is 2.35. The summed E-state index contributed by atoms with van der Waals surface area (Å²) in [5.74, 6) is 1.89. The van der Waals surface area contributed by atoms with Crippen molar-refractivity contribution in [1.29, 1.82) is 0 Å². The predicted molar refractivity (Wildman–Crippen MR) is 71.5 cm³/mol. The number of Topliss-reactive ketones (excluding diaryl/α,β-unsaturated/α-hetero) is 1. The Balaban J connectivity index is 1.96. The molecule has 0 amide bonds. The molecule has 0 aromatic heterocycles. The lowest BCUT2D eigenvalue weighted by Gasteiger charge is -2.19. The molecule has 0 spiro atoms. The van der Waals surface area contributed by atoms with Crippen LogP contribution in [0.5, 0.6) is 11.5 Å². The highest BCUT2D eigenvalue weighted by molar-refractivity contribution is 7.99. The van der Waals surface area contributed by atoms with E-state index >= 15 is 0 Å². The van der Waals surface area contributed by atoms with Crippen LogP contribution in [0.15, 0.2) is 52.3 Å². The highest BCUT2D eigenvalue weighted by atomic mass is 32.2. The molecule has 2 aromatic rings. The van der Waals surface area contributed by atoms with E-state index in [0.717, 1.165) is 26.9 Å². The van der Waals surface area contributed by atoms with Gasteiger partial charge in [0.15, 0.2) is 0 Å². The van der Waals surface area contributed by atoms with Crippen LogP contribution in [0.4, 0.5) is 0 Å². The molecule has 0 radical (unpaired) electrons. The quantitative estimate of drug-likeness (QED) is 0.691. The van der Waals surface area contributed by atoms with E-state index in [1.807, 2.05) is 42.5 Å². The number of fused-ring (bicyclic) bond motifs is 2. The van der Waals surface area contributed by atoms with Crippen molar-refractivity contribution in [2.75, 3.05) is 0 Å². The van der Waals surface area contributed by atoms with Crippen molar-refractivity contribution in [1.82, 2.24) is 0 Å². The van der Waals surface area contributed by atoms with E-state index in [4.69, 9.17) is 4.74 Å². The number of carbonyl (C=O) groups is 1. The fourth-order valence-electron chi connectivity index (χ4n) is 1.97. The molecule has 0 bridgehead atoms. The van der Waals surface area contributed by atoms with Crippen LogP contribution in [0.1, 0.15) is 12.5 Å². The van der Waals surface area contributed by atoms with Gasteiger partial charge >= 0.3 is 0 Å². The van der Waals surface area contributed by atoms with Crippen LogP contribution in [0.3, 0.4) is 0 Å². The van der Waals surface area contributed by atoms with Crippen molar-refractivity contribution in [3.05, 3.63) is 48.0 Å². The molecule has 0 atom stereocenters. The zero-order valence-electron chi connectivity index (χ0n) is 9.97. The Morgan fingerprint density at radius 1 is 1.11 bits per heavy atom. The number of para-hydroxylation sites is 1. The molecule has 1 aliphatic rings. The SMILES string of the molecule is CC(=O)Cc1ccc2c(c1)Oc1ccccc1S2. The monoisotopic (exact) mass is 256 g/mol.